The molecule has 1 N–H and O–H groups in total. The van der Waals surface area contributed by atoms with E-state index >= 15 is 0 Å². The Labute approximate surface area is 112 Å². The fourth-order valence-electron chi connectivity index (χ4n) is 1.64. The summed E-state index contributed by atoms with van der Waals surface area (Å²) >= 11 is 5.87. The number of halogens is 2. The standard InChI is InChI=1S/C12H13ClN2O.ClH/c1-14-12-9(7-13)5-8-6-10(16-2)3-4-11(8)15-12;/h3-6H,7H2,1-2H3,(H,14,15);1H. The van der Waals surface area contributed by atoms with Gasteiger partial charge in [0, 0.05) is 18.0 Å². The molecule has 92 valence electrons. The van der Waals surface area contributed by atoms with Gasteiger partial charge in [-0.15, -0.1) is 24.0 Å². The number of pyridine rings is 1. The van der Waals surface area contributed by atoms with Crippen molar-refractivity contribution >= 4 is 40.7 Å². The first-order chi connectivity index (χ1) is 7.78. The molecule has 0 unspecified atom stereocenters. The predicted molar refractivity (Wildman–Crippen MR) is 74.6 cm³/mol. The van der Waals surface area contributed by atoms with E-state index in [1.54, 1.807) is 7.11 Å². The molecule has 1 heterocycles. The molecule has 0 aliphatic rings. The zero-order chi connectivity index (χ0) is 11.5. The first-order valence-corrected chi connectivity index (χ1v) is 5.53. The molecule has 0 amide bonds. The van der Waals surface area contributed by atoms with Crippen LogP contribution in [0.3, 0.4) is 0 Å². The molecule has 0 aliphatic carbocycles. The Morgan fingerprint density at radius 2 is 2.12 bits per heavy atom. The lowest BCUT2D eigenvalue weighted by Crippen LogP contribution is -1.97. The Kier molecular flexibility index (Phi) is 4.85. The highest BCUT2D eigenvalue weighted by Crippen LogP contribution is 2.24. The molecule has 0 saturated carbocycles. The Hall–Kier alpha value is -1.19. The number of rotatable bonds is 3. The molecule has 3 nitrogen and oxygen atoms in total. The van der Waals surface area contributed by atoms with Crippen molar-refractivity contribution in [1.82, 2.24) is 4.98 Å². The number of aromatic nitrogens is 1. The number of methoxy groups -OCH3 is 1. The minimum absolute atomic E-state index is 0. The fourth-order valence-corrected chi connectivity index (χ4v) is 1.85. The third kappa shape index (κ3) is 2.73. The van der Waals surface area contributed by atoms with Crippen molar-refractivity contribution in [3.8, 4) is 5.75 Å². The fraction of sp³-hybridized carbons (Fsp3) is 0.250. The van der Waals surface area contributed by atoms with Crippen LogP contribution in [0.5, 0.6) is 5.75 Å². The van der Waals surface area contributed by atoms with Crippen LogP contribution < -0.4 is 10.1 Å². The average Bonchev–Trinajstić information content (AvgIpc) is 2.36. The number of hydrogen-bond acceptors (Lipinski definition) is 3. The normalized spacial score (nSPS) is 9.82. The van der Waals surface area contributed by atoms with Crippen molar-refractivity contribution < 1.29 is 4.74 Å². The lowest BCUT2D eigenvalue weighted by molar-refractivity contribution is 0.415. The van der Waals surface area contributed by atoms with Crippen molar-refractivity contribution in [2.24, 2.45) is 0 Å². The van der Waals surface area contributed by atoms with Crippen LogP contribution in [-0.2, 0) is 5.88 Å². The number of alkyl halides is 1. The summed E-state index contributed by atoms with van der Waals surface area (Å²) < 4.78 is 5.18. The van der Waals surface area contributed by atoms with Crippen LogP contribution in [0.2, 0.25) is 0 Å². The molecular weight excluding hydrogens is 259 g/mol. The second kappa shape index (κ2) is 5.94. The van der Waals surface area contributed by atoms with Gasteiger partial charge < -0.3 is 10.1 Å². The average molecular weight is 273 g/mol. The largest absolute Gasteiger partial charge is 0.497 e. The molecule has 1 aromatic carbocycles. The first-order valence-electron chi connectivity index (χ1n) is 5.00. The highest BCUT2D eigenvalue weighted by molar-refractivity contribution is 6.17. The third-order valence-corrected chi connectivity index (χ3v) is 2.77. The molecule has 2 rings (SSSR count). The van der Waals surface area contributed by atoms with E-state index in [1.807, 2.05) is 31.3 Å². The molecule has 1 aromatic heterocycles. The minimum Gasteiger partial charge on any atom is -0.497 e. The summed E-state index contributed by atoms with van der Waals surface area (Å²) in [6, 6.07) is 7.82. The number of anilines is 1. The molecule has 0 radical (unpaired) electrons. The molecule has 0 bridgehead atoms. The summed E-state index contributed by atoms with van der Waals surface area (Å²) in [7, 11) is 3.49. The Balaban J connectivity index is 0.00000144. The first kappa shape index (κ1) is 13.9. The maximum Gasteiger partial charge on any atom is 0.130 e. The zero-order valence-electron chi connectivity index (χ0n) is 9.66. The highest BCUT2D eigenvalue weighted by atomic mass is 35.5. The van der Waals surface area contributed by atoms with Gasteiger partial charge >= 0.3 is 0 Å². The lowest BCUT2D eigenvalue weighted by Gasteiger charge is -2.08. The maximum absolute atomic E-state index is 5.87. The number of fused-ring (bicyclic) bond motifs is 1. The zero-order valence-corrected chi connectivity index (χ0v) is 11.2. The van der Waals surface area contributed by atoms with Crippen LogP contribution >= 0.6 is 24.0 Å². The summed E-state index contributed by atoms with van der Waals surface area (Å²) in [6.07, 6.45) is 0. The van der Waals surface area contributed by atoms with Crippen molar-refractivity contribution in [2.75, 3.05) is 19.5 Å². The van der Waals surface area contributed by atoms with Gasteiger partial charge in [-0.05, 0) is 24.3 Å². The van der Waals surface area contributed by atoms with E-state index in [-0.39, 0.29) is 12.4 Å². The van der Waals surface area contributed by atoms with Gasteiger partial charge in [-0.1, -0.05) is 0 Å². The number of benzene rings is 1. The molecule has 2 aromatic rings. The quantitative estimate of drug-likeness (QED) is 0.870. The van der Waals surface area contributed by atoms with Crippen LogP contribution in [0.1, 0.15) is 5.56 Å². The molecule has 0 fully saturated rings. The van der Waals surface area contributed by atoms with Gasteiger partial charge in [-0.3, -0.25) is 0 Å². The van der Waals surface area contributed by atoms with Gasteiger partial charge in [-0.25, -0.2) is 4.98 Å². The number of hydrogen-bond donors (Lipinski definition) is 1. The van der Waals surface area contributed by atoms with E-state index in [9.17, 15) is 0 Å². The molecule has 17 heavy (non-hydrogen) atoms. The third-order valence-electron chi connectivity index (χ3n) is 2.48. The molecule has 5 heteroatoms. The van der Waals surface area contributed by atoms with Crippen LogP contribution in [0.4, 0.5) is 5.82 Å². The predicted octanol–water partition coefficient (Wildman–Crippen LogP) is 3.45. The van der Waals surface area contributed by atoms with E-state index in [1.165, 1.54) is 0 Å². The van der Waals surface area contributed by atoms with Gasteiger partial charge in [0.25, 0.3) is 0 Å². The van der Waals surface area contributed by atoms with E-state index < -0.39 is 0 Å². The van der Waals surface area contributed by atoms with Gasteiger partial charge in [0.1, 0.15) is 11.6 Å². The highest BCUT2D eigenvalue weighted by Gasteiger charge is 2.05. The molecule has 0 aliphatic heterocycles. The van der Waals surface area contributed by atoms with Crippen molar-refractivity contribution in [3.05, 3.63) is 29.8 Å². The second-order valence-electron chi connectivity index (χ2n) is 3.44. The van der Waals surface area contributed by atoms with Crippen LogP contribution in [0.25, 0.3) is 10.9 Å². The summed E-state index contributed by atoms with van der Waals surface area (Å²) in [5.41, 5.74) is 1.92. The van der Waals surface area contributed by atoms with Crippen LogP contribution in [-0.4, -0.2) is 19.1 Å². The van der Waals surface area contributed by atoms with Crippen molar-refractivity contribution in [1.29, 1.82) is 0 Å². The Morgan fingerprint density at radius 3 is 2.71 bits per heavy atom. The monoisotopic (exact) mass is 272 g/mol. The summed E-state index contributed by atoms with van der Waals surface area (Å²) in [6.45, 7) is 0. The number of nitrogens with zero attached hydrogens (tertiary/aromatic N) is 1. The van der Waals surface area contributed by atoms with Crippen LogP contribution in [0.15, 0.2) is 24.3 Å². The topological polar surface area (TPSA) is 34.2 Å². The molecule has 0 spiro atoms. The van der Waals surface area contributed by atoms with Gasteiger partial charge in [-0.2, -0.15) is 0 Å². The van der Waals surface area contributed by atoms with Gasteiger partial charge in [0.15, 0.2) is 0 Å². The molecule has 0 atom stereocenters. The van der Waals surface area contributed by atoms with E-state index in [0.29, 0.717) is 5.88 Å². The summed E-state index contributed by atoms with van der Waals surface area (Å²) in [5.74, 6) is 2.09. The minimum atomic E-state index is 0. The van der Waals surface area contributed by atoms with E-state index in [0.717, 1.165) is 28.0 Å². The number of ether oxygens (including phenoxy) is 1. The van der Waals surface area contributed by atoms with Crippen molar-refractivity contribution in [3.63, 3.8) is 0 Å². The second-order valence-corrected chi connectivity index (χ2v) is 3.71. The summed E-state index contributed by atoms with van der Waals surface area (Å²) in [4.78, 5) is 4.49. The maximum atomic E-state index is 5.87. The van der Waals surface area contributed by atoms with E-state index in [4.69, 9.17) is 16.3 Å². The lowest BCUT2D eigenvalue weighted by atomic mass is 10.1. The molecule has 0 saturated heterocycles. The van der Waals surface area contributed by atoms with Gasteiger partial charge in [0.2, 0.25) is 0 Å². The number of nitrogens with one attached hydrogen (secondary N) is 1. The molecular formula is C12H14Cl2N2O. The van der Waals surface area contributed by atoms with E-state index in [2.05, 4.69) is 10.3 Å². The van der Waals surface area contributed by atoms with Crippen molar-refractivity contribution in [2.45, 2.75) is 5.88 Å². The Bertz CT molecular complexity index is 517. The van der Waals surface area contributed by atoms with Crippen LogP contribution in [0, 0.1) is 0 Å². The SMILES string of the molecule is CNc1nc2ccc(OC)cc2cc1CCl.Cl. The van der Waals surface area contributed by atoms with Gasteiger partial charge in [0.05, 0.1) is 18.5 Å². The smallest absolute Gasteiger partial charge is 0.130 e. The Morgan fingerprint density at radius 1 is 1.35 bits per heavy atom. The summed E-state index contributed by atoms with van der Waals surface area (Å²) in [5, 5.41) is 4.08.